The quantitative estimate of drug-likeness (QED) is 0.172. The minimum absolute atomic E-state index is 0.557. The van der Waals surface area contributed by atoms with Crippen molar-refractivity contribution in [2.45, 2.75) is 116 Å². The molecule has 2 rings (SSSR count). The predicted molar refractivity (Wildman–Crippen MR) is 151 cm³/mol. The number of ether oxygens (including phenoxy) is 2. The molecule has 0 spiro atoms. The van der Waals surface area contributed by atoms with Gasteiger partial charge in [-0.15, -0.1) is 0 Å². The highest BCUT2D eigenvalue weighted by Crippen LogP contribution is 2.16. The fraction of sp³-hybridized carbons (Fsp3) is 0.806. The summed E-state index contributed by atoms with van der Waals surface area (Å²) < 4.78 is 11.4. The summed E-state index contributed by atoms with van der Waals surface area (Å²) in [6, 6.07) is 9.33. The highest BCUT2D eigenvalue weighted by Gasteiger charge is 2.09. The van der Waals surface area contributed by atoms with Crippen LogP contribution >= 0.6 is 0 Å². The van der Waals surface area contributed by atoms with Crippen molar-refractivity contribution in [2.24, 2.45) is 0 Å². The molecule has 1 fully saturated rings. The maximum absolute atomic E-state index is 5.97. The van der Waals surface area contributed by atoms with Crippen molar-refractivity contribution in [3.63, 3.8) is 0 Å². The van der Waals surface area contributed by atoms with Gasteiger partial charge in [-0.1, -0.05) is 89.7 Å². The highest BCUT2D eigenvalue weighted by molar-refractivity contribution is 5.27. The summed E-state index contributed by atoms with van der Waals surface area (Å²) in [6.45, 7) is 11.7. The van der Waals surface area contributed by atoms with Crippen LogP contribution in [0.25, 0.3) is 0 Å². The second kappa shape index (κ2) is 21.0. The number of nitrogens with zero attached hydrogens (tertiary/aromatic N) is 1. The Morgan fingerprint density at radius 2 is 1.43 bits per heavy atom. The van der Waals surface area contributed by atoms with E-state index in [2.05, 4.69) is 48.3 Å². The van der Waals surface area contributed by atoms with Gasteiger partial charge >= 0.3 is 0 Å². The largest absolute Gasteiger partial charge is 0.494 e. The molecule has 0 amide bonds. The zero-order valence-electron chi connectivity index (χ0n) is 23.2. The average molecular weight is 489 g/mol. The van der Waals surface area contributed by atoms with Gasteiger partial charge in [-0.3, -0.25) is 4.90 Å². The van der Waals surface area contributed by atoms with Gasteiger partial charge in [-0.2, -0.15) is 0 Å². The first kappa shape index (κ1) is 30.1. The third kappa shape index (κ3) is 16.3. The molecule has 35 heavy (non-hydrogen) atoms. The summed E-state index contributed by atoms with van der Waals surface area (Å²) in [7, 11) is 0. The minimum Gasteiger partial charge on any atom is -0.494 e. The van der Waals surface area contributed by atoms with Gasteiger partial charge < -0.3 is 14.8 Å². The Labute approximate surface area is 217 Å². The molecule has 1 heterocycles. The molecule has 202 valence electrons. The molecular weight excluding hydrogens is 432 g/mol. The molecule has 0 saturated carbocycles. The van der Waals surface area contributed by atoms with E-state index in [1.807, 2.05) is 0 Å². The van der Waals surface area contributed by atoms with Gasteiger partial charge in [0.25, 0.3) is 0 Å². The molecule has 4 nitrogen and oxygen atoms in total. The molecular formula is C31H56N2O2. The number of benzene rings is 1. The molecule has 1 N–H and O–H groups in total. The molecule has 1 aliphatic rings. The van der Waals surface area contributed by atoms with Gasteiger partial charge in [-0.05, 0) is 63.4 Å². The van der Waals surface area contributed by atoms with E-state index in [1.165, 1.54) is 102 Å². The predicted octanol–water partition coefficient (Wildman–Crippen LogP) is 7.40. The first-order chi connectivity index (χ1) is 17.3. The Hall–Kier alpha value is -1.10. The van der Waals surface area contributed by atoms with Gasteiger partial charge in [0.15, 0.2) is 0 Å². The standard InChI is InChI=1S/C31H56N2O2/c1-3-4-5-6-7-8-9-10-11-12-13-14-26-35-31-20-18-30(19-21-31)17-16-29(2)32-22-15-23-33-24-27-34-28-25-33/h18-21,29,32H,3-17,22-28H2,1-2H3. The fourth-order valence-corrected chi connectivity index (χ4v) is 4.85. The molecule has 1 saturated heterocycles. The lowest BCUT2D eigenvalue weighted by atomic mass is 10.1. The molecule has 0 aromatic heterocycles. The van der Waals surface area contributed by atoms with Gasteiger partial charge in [-0.25, -0.2) is 0 Å². The number of morpholine rings is 1. The van der Waals surface area contributed by atoms with Crippen LogP contribution in [0.5, 0.6) is 5.75 Å². The maximum Gasteiger partial charge on any atom is 0.119 e. The summed E-state index contributed by atoms with van der Waals surface area (Å²) in [5.41, 5.74) is 1.41. The van der Waals surface area contributed by atoms with Crippen molar-refractivity contribution < 1.29 is 9.47 Å². The molecule has 0 radical (unpaired) electrons. The van der Waals surface area contributed by atoms with E-state index in [9.17, 15) is 0 Å². The normalized spacial score (nSPS) is 15.4. The zero-order chi connectivity index (χ0) is 24.8. The van der Waals surface area contributed by atoms with Crippen molar-refractivity contribution in [3.8, 4) is 5.75 Å². The van der Waals surface area contributed by atoms with Crippen LogP contribution in [-0.2, 0) is 11.2 Å². The molecule has 1 aliphatic heterocycles. The van der Waals surface area contributed by atoms with Crippen LogP contribution in [0.1, 0.15) is 109 Å². The first-order valence-electron chi connectivity index (χ1n) is 15.0. The Balaban J connectivity index is 1.39. The molecule has 4 heteroatoms. The van der Waals surface area contributed by atoms with Gasteiger partial charge in [0.1, 0.15) is 5.75 Å². The van der Waals surface area contributed by atoms with Crippen molar-refractivity contribution in [3.05, 3.63) is 29.8 Å². The molecule has 1 aromatic rings. The van der Waals surface area contributed by atoms with Gasteiger partial charge in [0.05, 0.1) is 19.8 Å². The zero-order valence-corrected chi connectivity index (χ0v) is 23.2. The van der Waals surface area contributed by atoms with Crippen LogP contribution in [0, 0.1) is 0 Å². The fourth-order valence-electron chi connectivity index (χ4n) is 4.85. The van der Waals surface area contributed by atoms with Crippen molar-refractivity contribution in [2.75, 3.05) is 46.0 Å². The minimum atomic E-state index is 0.557. The monoisotopic (exact) mass is 488 g/mol. The van der Waals surface area contributed by atoms with E-state index in [-0.39, 0.29) is 0 Å². The van der Waals surface area contributed by atoms with Crippen LogP contribution in [0.3, 0.4) is 0 Å². The number of hydrogen-bond acceptors (Lipinski definition) is 4. The Morgan fingerprint density at radius 3 is 2.06 bits per heavy atom. The second-order valence-electron chi connectivity index (χ2n) is 10.6. The summed E-state index contributed by atoms with van der Waals surface area (Å²) in [4.78, 5) is 2.51. The number of unbranched alkanes of at least 4 members (excludes halogenated alkanes) is 11. The third-order valence-electron chi connectivity index (χ3n) is 7.30. The van der Waals surface area contributed by atoms with E-state index in [1.54, 1.807) is 0 Å². The molecule has 1 aromatic carbocycles. The number of rotatable bonds is 22. The van der Waals surface area contributed by atoms with Crippen LogP contribution in [0.2, 0.25) is 0 Å². The van der Waals surface area contributed by atoms with Crippen molar-refractivity contribution >= 4 is 0 Å². The Morgan fingerprint density at radius 1 is 0.829 bits per heavy atom. The van der Waals surface area contributed by atoms with Crippen LogP contribution in [-0.4, -0.2) is 56.9 Å². The molecule has 0 aliphatic carbocycles. The lowest BCUT2D eigenvalue weighted by Crippen LogP contribution is -2.38. The van der Waals surface area contributed by atoms with Crippen LogP contribution in [0.4, 0.5) is 0 Å². The molecule has 1 atom stereocenters. The van der Waals surface area contributed by atoms with Gasteiger partial charge in [0.2, 0.25) is 0 Å². The average Bonchev–Trinajstić information content (AvgIpc) is 2.89. The van der Waals surface area contributed by atoms with E-state index in [0.29, 0.717) is 6.04 Å². The van der Waals surface area contributed by atoms with Crippen LogP contribution < -0.4 is 10.1 Å². The molecule has 1 unspecified atom stereocenters. The van der Waals surface area contributed by atoms with Crippen molar-refractivity contribution in [1.82, 2.24) is 10.2 Å². The van der Waals surface area contributed by atoms with E-state index in [0.717, 1.165) is 51.6 Å². The third-order valence-corrected chi connectivity index (χ3v) is 7.30. The Bertz CT molecular complexity index is 586. The van der Waals surface area contributed by atoms with E-state index < -0.39 is 0 Å². The lowest BCUT2D eigenvalue weighted by Gasteiger charge is -2.26. The summed E-state index contributed by atoms with van der Waals surface area (Å²) in [6.07, 6.45) is 20.1. The summed E-state index contributed by atoms with van der Waals surface area (Å²) >= 11 is 0. The SMILES string of the molecule is CCCCCCCCCCCCCCOc1ccc(CCC(C)NCCCN2CCOCC2)cc1. The molecule has 0 bridgehead atoms. The number of hydrogen-bond donors (Lipinski definition) is 1. The van der Waals surface area contributed by atoms with E-state index >= 15 is 0 Å². The smallest absolute Gasteiger partial charge is 0.119 e. The maximum atomic E-state index is 5.97. The number of nitrogens with one attached hydrogen (secondary N) is 1. The first-order valence-corrected chi connectivity index (χ1v) is 15.0. The second-order valence-corrected chi connectivity index (χ2v) is 10.6. The summed E-state index contributed by atoms with van der Waals surface area (Å²) in [5, 5.41) is 3.69. The topological polar surface area (TPSA) is 33.7 Å². The van der Waals surface area contributed by atoms with E-state index in [4.69, 9.17) is 9.47 Å². The Kier molecular flexibility index (Phi) is 18.1. The van der Waals surface area contributed by atoms with Crippen molar-refractivity contribution in [1.29, 1.82) is 0 Å². The highest BCUT2D eigenvalue weighted by atomic mass is 16.5. The lowest BCUT2D eigenvalue weighted by molar-refractivity contribution is 0.0374. The van der Waals surface area contributed by atoms with Crippen LogP contribution in [0.15, 0.2) is 24.3 Å². The number of aryl methyl sites for hydroxylation is 1. The summed E-state index contributed by atoms with van der Waals surface area (Å²) in [5.74, 6) is 1.02. The van der Waals surface area contributed by atoms with Gasteiger partial charge in [0, 0.05) is 19.1 Å².